The largest absolute Gasteiger partial charge is 0.497 e. The molecule has 0 spiro atoms. The lowest BCUT2D eigenvalue weighted by Crippen LogP contribution is -2.30. The molecule has 0 saturated carbocycles. The highest BCUT2D eigenvalue weighted by Gasteiger charge is 2.44. The number of aromatic nitrogens is 1. The molecular formula is C24H18N2O4. The molecule has 0 fully saturated rings. The van der Waals surface area contributed by atoms with Gasteiger partial charge in [0.15, 0.2) is 5.43 Å². The van der Waals surface area contributed by atoms with Crippen LogP contribution in [0.3, 0.4) is 0 Å². The molecule has 4 aromatic rings. The third-order valence-corrected chi connectivity index (χ3v) is 5.35. The number of carbonyl (C=O) groups excluding carboxylic acids is 1. The molecule has 148 valence electrons. The number of carbonyl (C=O) groups is 1. The number of fused-ring (bicyclic) bond motifs is 2. The van der Waals surface area contributed by atoms with Crippen LogP contribution in [0.5, 0.6) is 5.75 Å². The zero-order valence-corrected chi connectivity index (χ0v) is 16.5. The molecule has 0 saturated heterocycles. The fourth-order valence-electron chi connectivity index (χ4n) is 3.92. The van der Waals surface area contributed by atoms with Crippen LogP contribution in [0, 0.1) is 6.92 Å². The second-order valence-corrected chi connectivity index (χ2v) is 7.21. The van der Waals surface area contributed by atoms with E-state index in [-0.39, 0.29) is 17.1 Å². The summed E-state index contributed by atoms with van der Waals surface area (Å²) in [5.41, 5.74) is 2.24. The summed E-state index contributed by atoms with van der Waals surface area (Å²) in [6, 6.07) is 17.4. The van der Waals surface area contributed by atoms with Crippen LogP contribution in [0.4, 0.5) is 5.82 Å². The van der Waals surface area contributed by atoms with Gasteiger partial charge in [-0.2, -0.15) is 0 Å². The molecule has 30 heavy (non-hydrogen) atoms. The summed E-state index contributed by atoms with van der Waals surface area (Å²) >= 11 is 0. The quantitative estimate of drug-likeness (QED) is 0.516. The van der Waals surface area contributed by atoms with Crippen molar-refractivity contribution < 1.29 is 13.9 Å². The van der Waals surface area contributed by atoms with Crippen molar-refractivity contribution in [1.29, 1.82) is 0 Å². The highest BCUT2D eigenvalue weighted by Crippen LogP contribution is 2.40. The lowest BCUT2D eigenvalue weighted by atomic mass is 9.98. The van der Waals surface area contributed by atoms with E-state index in [1.54, 1.807) is 55.8 Å². The summed E-state index contributed by atoms with van der Waals surface area (Å²) in [5.74, 6) is 0.815. The molecule has 6 nitrogen and oxygen atoms in total. The number of nitrogens with zero attached hydrogens (tertiary/aromatic N) is 2. The summed E-state index contributed by atoms with van der Waals surface area (Å²) < 4.78 is 11.2. The van der Waals surface area contributed by atoms with Crippen molar-refractivity contribution in [3.63, 3.8) is 0 Å². The maximum Gasteiger partial charge on any atom is 0.296 e. The second-order valence-electron chi connectivity index (χ2n) is 7.21. The Balaban J connectivity index is 1.80. The highest BCUT2D eigenvalue weighted by atomic mass is 16.5. The minimum atomic E-state index is -0.644. The lowest BCUT2D eigenvalue weighted by Gasteiger charge is -2.24. The van der Waals surface area contributed by atoms with Crippen LogP contribution in [0.25, 0.3) is 11.0 Å². The third kappa shape index (κ3) is 2.69. The predicted octanol–water partition coefficient (Wildman–Crippen LogP) is 4.25. The number of hydrogen-bond acceptors (Lipinski definition) is 5. The maximum atomic E-state index is 13.5. The fourth-order valence-corrected chi connectivity index (χ4v) is 3.92. The van der Waals surface area contributed by atoms with Gasteiger partial charge in [-0.25, -0.2) is 4.98 Å². The Hall–Kier alpha value is -3.93. The van der Waals surface area contributed by atoms with Gasteiger partial charge in [0.05, 0.1) is 24.1 Å². The van der Waals surface area contributed by atoms with Crippen LogP contribution in [0.1, 0.15) is 33.3 Å². The number of pyridine rings is 1. The molecule has 1 atom stereocenters. The maximum absolute atomic E-state index is 13.5. The van der Waals surface area contributed by atoms with Crippen molar-refractivity contribution in [1.82, 2.24) is 4.98 Å². The van der Waals surface area contributed by atoms with E-state index >= 15 is 0 Å². The summed E-state index contributed by atoms with van der Waals surface area (Å²) in [6.45, 7) is 1.92. The summed E-state index contributed by atoms with van der Waals surface area (Å²) in [6.07, 6.45) is 1.62. The Bertz CT molecular complexity index is 1330. The standard InChI is InChI=1S/C24H18N2O4/c1-14-6-11-18-17(13-14)22(27)20-21(15-7-9-16(29-2)10-8-15)26(24(28)23(20)30-18)19-5-3-4-12-25-19/h3-13,21H,1-2H3. The van der Waals surface area contributed by atoms with Crippen molar-refractivity contribution in [3.8, 4) is 5.75 Å². The van der Waals surface area contributed by atoms with Crippen molar-refractivity contribution in [2.24, 2.45) is 0 Å². The molecule has 5 rings (SSSR count). The predicted molar refractivity (Wildman–Crippen MR) is 113 cm³/mol. The van der Waals surface area contributed by atoms with Gasteiger partial charge in [-0.05, 0) is 48.9 Å². The average molecular weight is 398 g/mol. The Morgan fingerprint density at radius 1 is 1.03 bits per heavy atom. The SMILES string of the molecule is COc1ccc(C2c3c(oc4ccc(C)cc4c3=O)C(=O)N2c2ccccn2)cc1. The molecule has 1 amide bonds. The normalized spacial score (nSPS) is 15.5. The Labute approximate surface area is 172 Å². The van der Waals surface area contributed by atoms with Gasteiger partial charge < -0.3 is 9.15 Å². The van der Waals surface area contributed by atoms with E-state index in [4.69, 9.17) is 9.15 Å². The van der Waals surface area contributed by atoms with Gasteiger partial charge in [0.1, 0.15) is 17.2 Å². The monoisotopic (exact) mass is 398 g/mol. The van der Waals surface area contributed by atoms with Crippen molar-refractivity contribution in [2.75, 3.05) is 12.0 Å². The van der Waals surface area contributed by atoms with E-state index in [2.05, 4.69) is 4.98 Å². The van der Waals surface area contributed by atoms with Crippen LogP contribution in [0.15, 0.2) is 76.1 Å². The first kappa shape index (κ1) is 18.1. The molecule has 0 radical (unpaired) electrons. The molecular weight excluding hydrogens is 380 g/mol. The second kappa shape index (κ2) is 6.84. The average Bonchev–Trinajstić information content (AvgIpc) is 3.07. The van der Waals surface area contributed by atoms with Crippen molar-refractivity contribution >= 4 is 22.7 Å². The van der Waals surface area contributed by atoms with Crippen LogP contribution in [-0.2, 0) is 0 Å². The molecule has 2 aromatic carbocycles. The van der Waals surface area contributed by atoms with E-state index in [1.165, 1.54) is 4.90 Å². The molecule has 0 N–H and O–H groups in total. The minimum absolute atomic E-state index is 0.0582. The summed E-state index contributed by atoms with van der Waals surface area (Å²) in [4.78, 5) is 32.8. The topological polar surface area (TPSA) is 72.6 Å². The molecule has 1 aliphatic rings. The number of rotatable bonds is 3. The minimum Gasteiger partial charge on any atom is -0.497 e. The van der Waals surface area contributed by atoms with E-state index in [0.717, 1.165) is 11.1 Å². The van der Waals surface area contributed by atoms with Crippen molar-refractivity contribution in [3.05, 3.63) is 99.5 Å². The zero-order chi connectivity index (χ0) is 20.8. The molecule has 3 heterocycles. The van der Waals surface area contributed by atoms with Crippen LogP contribution in [0.2, 0.25) is 0 Å². The van der Waals surface area contributed by atoms with E-state index in [9.17, 15) is 9.59 Å². The first-order valence-corrected chi connectivity index (χ1v) is 9.54. The van der Waals surface area contributed by atoms with Gasteiger partial charge in [-0.1, -0.05) is 29.8 Å². The number of methoxy groups -OCH3 is 1. The third-order valence-electron chi connectivity index (χ3n) is 5.35. The van der Waals surface area contributed by atoms with Crippen LogP contribution >= 0.6 is 0 Å². The van der Waals surface area contributed by atoms with Gasteiger partial charge in [-0.3, -0.25) is 14.5 Å². The van der Waals surface area contributed by atoms with Gasteiger partial charge >= 0.3 is 0 Å². The number of benzene rings is 2. The molecule has 6 heteroatoms. The number of aryl methyl sites for hydroxylation is 1. The molecule has 2 aromatic heterocycles. The Morgan fingerprint density at radius 2 is 1.83 bits per heavy atom. The van der Waals surface area contributed by atoms with Gasteiger partial charge in [-0.15, -0.1) is 0 Å². The van der Waals surface area contributed by atoms with E-state index in [1.807, 2.05) is 25.1 Å². The number of ether oxygens (including phenoxy) is 1. The van der Waals surface area contributed by atoms with Gasteiger partial charge in [0.2, 0.25) is 5.76 Å². The highest BCUT2D eigenvalue weighted by molar-refractivity contribution is 6.10. The molecule has 1 aliphatic heterocycles. The van der Waals surface area contributed by atoms with Crippen LogP contribution in [-0.4, -0.2) is 18.0 Å². The Kier molecular flexibility index (Phi) is 4.13. The summed E-state index contributed by atoms with van der Waals surface area (Å²) in [5, 5.41) is 0.461. The van der Waals surface area contributed by atoms with Gasteiger partial charge in [0.25, 0.3) is 5.91 Å². The zero-order valence-electron chi connectivity index (χ0n) is 16.5. The fraction of sp³-hybridized carbons (Fsp3) is 0.125. The molecule has 1 unspecified atom stereocenters. The smallest absolute Gasteiger partial charge is 0.296 e. The molecule has 0 aliphatic carbocycles. The molecule has 0 bridgehead atoms. The first-order valence-electron chi connectivity index (χ1n) is 9.54. The lowest BCUT2D eigenvalue weighted by molar-refractivity contribution is 0.0970. The number of hydrogen-bond donors (Lipinski definition) is 0. The Morgan fingerprint density at radius 3 is 2.53 bits per heavy atom. The summed E-state index contributed by atoms with van der Waals surface area (Å²) in [7, 11) is 1.59. The van der Waals surface area contributed by atoms with Gasteiger partial charge in [0, 0.05) is 6.20 Å². The van der Waals surface area contributed by atoms with E-state index < -0.39 is 6.04 Å². The number of anilines is 1. The number of amides is 1. The van der Waals surface area contributed by atoms with E-state index in [0.29, 0.717) is 28.1 Å². The van der Waals surface area contributed by atoms with Crippen LogP contribution < -0.4 is 15.1 Å². The first-order chi connectivity index (χ1) is 14.6. The van der Waals surface area contributed by atoms with Crippen molar-refractivity contribution in [2.45, 2.75) is 13.0 Å².